The lowest BCUT2D eigenvalue weighted by molar-refractivity contribution is 0.0979. The Morgan fingerprint density at radius 2 is 2.03 bits per heavy atom. The molecule has 156 valence electrons. The molecule has 2 aromatic rings. The number of hydrogen-bond donors (Lipinski definition) is 2. The van der Waals surface area contributed by atoms with E-state index in [9.17, 15) is 5.11 Å². The number of ether oxygens (including phenoxy) is 2. The van der Waals surface area contributed by atoms with E-state index in [1.165, 1.54) is 28.0 Å². The number of anilines is 1. The molecule has 3 aliphatic rings. The molecule has 2 N–H and O–H groups in total. The summed E-state index contributed by atoms with van der Waals surface area (Å²) in [6.07, 6.45) is 10.2. The second kappa shape index (κ2) is 7.21. The molecule has 2 atom stereocenters. The first-order chi connectivity index (χ1) is 14.5. The fraction of sp³-hybridized carbons (Fsp3) is 0.385. The molecule has 4 heteroatoms. The summed E-state index contributed by atoms with van der Waals surface area (Å²) < 4.78 is 12.0. The summed E-state index contributed by atoms with van der Waals surface area (Å²) in [6.45, 7) is 6.27. The highest BCUT2D eigenvalue weighted by atomic mass is 16.6. The quantitative estimate of drug-likeness (QED) is 0.482. The summed E-state index contributed by atoms with van der Waals surface area (Å²) in [5.41, 5.74) is 7.15. The summed E-state index contributed by atoms with van der Waals surface area (Å²) in [4.78, 5) is 0. The lowest BCUT2D eigenvalue weighted by Gasteiger charge is -2.39. The first-order valence-corrected chi connectivity index (χ1v) is 10.8. The highest BCUT2D eigenvalue weighted by Gasteiger charge is 2.37. The van der Waals surface area contributed by atoms with E-state index in [2.05, 4.69) is 56.4 Å². The van der Waals surface area contributed by atoms with Gasteiger partial charge in [0.25, 0.3) is 0 Å². The van der Waals surface area contributed by atoms with Crippen LogP contribution < -0.4 is 14.8 Å². The molecule has 5 rings (SSSR count). The lowest BCUT2D eigenvalue weighted by Crippen LogP contribution is -2.33. The predicted octanol–water partition coefficient (Wildman–Crippen LogP) is 6.08. The maximum absolute atomic E-state index is 9.20. The van der Waals surface area contributed by atoms with Crippen LogP contribution in [0, 0.1) is 5.92 Å². The highest BCUT2D eigenvalue weighted by Crippen LogP contribution is 2.52. The molecule has 0 saturated carbocycles. The number of aliphatic hydroxyl groups excluding tert-OH is 1. The van der Waals surface area contributed by atoms with Gasteiger partial charge in [0.05, 0.1) is 5.54 Å². The molecular formula is C26H29NO3. The fourth-order valence-electron chi connectivity index (χ4n) is 5.28. The van der Waals surface area contributed by atoms with Crippen molar-refractivity contribution in [3.8, 4) is 22.6 Å². The third kappa shape index (κ3) is 3.20. The van der Waals surface area contributed by atoms with Crippen molar-refractivity contribution in [1.29, 1.82) is 0 Å². The SMILES string of the molecule is CC1=CC(C)(C)Nc2ccc3c(c21)[C@H](C1CC=CCC1)Oc1ccc(OCO)cc1-3. The Hall–Kier alpha value is -2.72. The molecule has 0 radical (unpaired) electrons. The normalized spacial score (nSPS) is 23.3. The van der Waals surface area contributed by atoms with Gasteiger partial charge in [-0.2, -0.15) is 0 Å². The number of benzene rings is 2. The molecule has 0 bridgehead atoms. The van der Waals surface area contributed by atoms with Crippen LogP contribution in [0.4, 0.5) is 5.69 Å². The third-order valence-electron chi connectivity index (χ3n) is 6.42. The van der Waals surface area contributed by atoms with E-state index in [1.807, 2.05) is 18.2 Å². The smallest absolute Gasteiger partial charge is 0.186 e. The van der Waals surface area contributed by atoms with E-state index >= 15 is 0 Å². The Labute approximate surface area is 178 Å². The van der Waals surface area contributed by atoms with E-state index in [0.717, 1.165) is 30.6 Å². The van der Waals surface area contributed by atoms with Gasteiger partial charge in [0.15, 0.2) is 6.79 Å². The summed E-state index contributed by atoms with van der Waals surface area (Å²) in [7, 11) is 0. The van der Waals surface area contributed by atoms with Crippen molar-refractivity contribution in [1.82, 2.24) is 0 Å². The minimum atomic E-state index is -0.339. The van der Waals surface area contributed by atoms with Gasteiger partial charge in [-0.05, 0) is 75.4 Å². The molecular weight excluding hydrogens is 374 g/mol. The van der Waals surface area contributed by atoms with Gasteiger partial charge in [0.1, 0.15) is 17.6 Å². The van der Waals surface area contributed by atoms with Gasteiger partial charge in [-0.15, -0.1) is 0 Å². The van der Waals surface area contributed by atoms with Crippen LogP contribution >= 0.6 is 0 Å². The zero-order chi connectivity index (χ0) is 20.9. The summed E-state index contributed by atoms with van der Waals surface area (Å²) in [6, 6.07) is 10.2. The van der Waals surface area contributed by atoms with Crippen molar-refractivity contribution in [2.24, 2.45) is 5.92 Å². The van der Waals surface area contributed by atoms with E-state index < -0.39 is 0 Å². The van der Waals surface area contributed by atoms with Crippen LogP contribution in [0.25, 0.3) is 16.7 Å². The average molecular weight is 404 g/mol. The van der Waals surface area contributed by atoms with Crippen molar-refractivity contribution >= 4 is 11.3 Å². The molecule has 4 nitrogen and oxygen atoms in total. The molecule has 0 amide bonds. The molecule has 1 aliphatic carbocycles. The Morgan fingerprint density at radius 3 is 2.80 bits per heavy atom. The van der Waals surface area contributed by atoms with Gasteiger partial charge < -0.3 is 19.9 Å². The van der Waals surface area contributed by atoms with Gasteiger partial charge in [-0.1, -0.05) is 24.3 Å². The maximum Gasteiger partial charge on any atom is 0.186 e. The summed E-state index contributed by atoms with van der Waals surface area (Å²) >= 11 is 0. The standard InChI is InChI=1S/C26H29NO3/c1-16-14-26(2,3)27-21-11-10-19-20-13-18(29-15-28)9-12-22(20)30-25(24(19)23(16)21)17-7-5-4-6-8-17/h4-5,9-14,17,25,27-28H,6-8,15H2,1-3H3/t17?,25-/m0/s1. The number of rotatable bonds is 3. The molecule has 2 heterocycles. The van der Waals surface area contributed by atoms with Crippen molar-refractivity contribution < 1.29 is 14.6 Å². The van der Waals surface area contributed by atoms with Crippen molar-refractivity contribution in [3.63, 3.8) is 0 Å². The van der Waals surface area contributed by atoms with Gasteiger partial charge >= 0.3 is 0 Å². The molecule has 0 fully saturated rings. The van der Waals surface area contributed by atoms with Crippen LogP contribution in [0.5, 0.6) is 11.5 Å². The number of hydrogen-bond acceptors (Lipinski definition) is 4. The average Bonchev–Trinajstić information content (AvgIpc) is 2.72. The molecule has 30 heavy (non-hydrogen) atoms. The number of allylic oxidation sites excluding steroid dienone is 3. The second-order valence-electron chi connectivity index (χ2n) is 9.14. The lowest BCUT2D eigenvalue weighted by atomic mass is 9.76. The minimum absolute atomic E-state index is 0.0170. The number of fused-ring (bicyclic) bond motifs is 5. The first kappa shape index (κ1) is 19.3. The highest BCUT2D eigenvalue weighted by molar-refractivity contribution is 5.90. The minimum Gasteiger partial charge on any atom is -0.485 e. The molecule has 1 unspecified atom stereocenters. The van der Waals surface area contributed by atoms with E-state index in [-0.39, 0.29) is 18.4 Å². The maximum atomic E-state index is 9.20. The zero-order valence-corrected chi connectivity index (χ0v) is 17.9. The van der Waals surface area contributed by atoms with Crippen LogP contribution in [-0.4, -0.2) is 17.4 Å². The van der Waals surface area contributed by atoms with Crippen LogP contribution in [0.15, 0.2) is 48.6 Å². The molecule has 0 spiro atoms. The van der Waals surface area contributed by atoms with Gasteiger partial charge in [-0.25, -0.2) is 0 Å². The third-order valence-corrected chi connectivity index (χ3v) is 6.42. The molecule has 0 aromatic heterocycles. The topological polar surface area (TPSA) is 50.7 Å². The number of aliphatic hydroxyl groups is 1. The largest absolute Gasteiger partial charge is 0.485 e. The summed E-state index contributed by atoms with van der Waals surface area (Å²) in [5, 5.41) is 12.9. The van der Waals surface area contributed by atoms with Crippen LogP contribution in [0.2, 0.25) is 0 Å². The predicted molar refractivity (Wildman–Crippen MR) is 121 cm³/mol. The Balaban J connectivity index is 1.72. The van der Waals surface area contributed by atoms with E-state index in [1.54, 1.807) is 0 Å². The van der Waals surface area contributed by atoms with Gasteiger partial charge in [0, 0.05) is 28.3 Å². The van der Waals surface area contributed by atoms with E-state index in [4.69, 9.17) is 9.47 Å². The van der Waals surface area contributed by atoms with Gasteiger partial charge in [-0.3, -0.25) is 0 Å². The Morgan fingerprint density at radius 1 is 1.17 bits per heavy atom. The second-order valence-corrected chi connectivity index (χ2v) is 9.14. The van der Waals surface area contributed by atoms with Crippen LogP contribution in [-0.2, 0) is 0 Å². The fourth-order valence-corrected chi connectivity index (χ4v) is 5.28. The van der Waals surface area contributed by atoms with Crippen LogP contribution in [0.3, 0.4) is 0 Å². The van der Waals surface area contributed by atoms with Gasteiger partial charge in [0.2, 0.25) is 0 Å². The molecule has 0 saturated heterocycles. The van der Waals surface area contributed by atoms with Crippen LogP contribution in [0.1, 0.15) is 57.3 Å². The zero-order valence-electron chi connectivity index (χ0n) is 17.9. The molecule has 2 aromatic carbocycles. The summed E-state index contributed by atoms with van der Waals surface area (Å²) in [5.74, 6) is 1.98. The monoisotopic (exact) mass is 403 g/mol. The Bertz CT molecular complexity index is 1050. The molecule has 2 aliphatic heterocycles. The van der Waals surface area contributed by atoms with Crippen molar-refractivity contribution in [2.45, 2.75) is 51.7 Å². The van der Waals surface area contributed by atoms with E-state index in [0.29, 0.717) is 11.7 Å². The first-order valence-electron chi connectivity index (χ1n) is 10.8. The van der Waals surface area contributed by atoms with Crippen molar-refractivity contribution in [3.05, 3.63) is 59.7 Å². The Kier molecular flexibility index (Phi) is 4.62. The number of nitrogens with one attached hydrogen (secondary N) is 1. The van der Waals surface area contributed by atoms with Crippen molar-refractivity contribution in [2.75, 3.05) is 12.1 Å².